The molecule has 0 fully saturated rings. The first kappa shape index (κ1) is 26.7. The molecule has 0 N–H and O–H groups in total. The molecule has 0 heterocycles. The fourth-order valence-electron chi connectivity index (χ4n) is 3.12. The molecule has 0 saturated carbocycles. The summed E-state index contributed by atoms with van der Waals surface area (Å²) in [4.78, 5) is 10.3. The molecule has 0 bridgehead atoms. The van der Waals surface area contributed by atoms with Gasteiger partial charge in [-0.05, 0) is 18.8 Å². The number of carbonyl (C=O) groups excluding carboxylic acids is 1. The maximum Gasteiger partial charge on any atom is 1.00 e. The van der Waals surface area contributed by atoms with Gasteiger partial charge in [-0.3, -0.25) is 0 Å². The molecule has 0 radical (unpaired) electrons. The Morgan fingerprint density at radius 1 is 0.625 bits per heavy atom. The summed E-state index contributed by atoms with van der Waals surface area (Å²) in [5.74, 6) is -0.0300. The van der Waals surface area contributed by atoms with E-state index in [0.717, 1.165) is 18.8 Å². The van der Waals surface area contributed by atoms with Crippen molar-refractivity contribution in [2.24, 2.45) is 5.92 Å². The Kier molecular flexibility index (Phi) is 23.9. The van der Waals surface area contributed by atoms with Gasteiger partial charge in [0.15, 0.2) is 0 Å². The fraction of sp³-hybridized carbons (Fsp3) is 0.952. The SMILES string of the molecule is CC(C)CCCCCCCCCCCCCCCCCC(=O)[O-].[Na+]. The third-order valence-corrected chi connectivity index (χ3v) is 4.66. The van der Waals surface area contributed by atoms with Crippen LogP contribution in [0.2, 0.25) is 0 Å². The molecule has 0 atom stereocenters. The molecule has 0 rings (SSSR count). The van der Waals surface area contributed by atoms with E-state index in [-0.39, 0.29) is 36.0 Å². The van der Waals surface area contributed by atoms with Crippen LogP contribution in [0.4, 0.5) is 0 Å². The van der Waals surface area contributed by atoms with Crippen molar-refractivity contribution in [2.75, 3.05) is 0 Å². The van der Waals surface area contributed by atoms with Gasteiger partial charge in [0.25, 0.3) is 0 Å². The van der Waals surface area contributed by atoms with E-state index in [1.807, 2.05) is 0 Å². The van der Waals surface area contributed by atoms with Gasteiger partial charge in [-0.2, -0.15) is 0 Å². The van der Waals surface area contributed by atoms with Crippen LogP contribution in [-0.2, 0) is 4.79 Å². The molecule has 0 aromatic rings. The van der Waals surface area contributed by atoms with E-state index < -0.39 is 5.97 Å². The molecule has 0 unspecified atom stereocenters. The van der Waals surface area contributed by atoms with Gasteiger partial charge in [-0.15, -0.1) is 0 Å². The molecular weight excluding hydrogens is 307 g/mol. The van der Waals surface area contributed by atoms with Gasteiger partial charge in [0.05, 0.1) is 0 Å². The monoisotopic (exact) mass is 348 g/mol. The molecular formula is C21H41NaO2. The van der Waals surface area contributed by atoms with Crippen molar-refractivity contribution in [1.82, 2.24) is 0 Å². The first-order valence-electron chi connectivity index (χ1n) is 10.3. The molecule has 0 aliphatic rings. The Labute approximate surface area is 173 Å². The third kappa shape index (κ3) is 24.7. The van der Waals surface area contributed by atoms with Crippen molar-refractivity contribution < 1.29 is 39.5 Å². The summed E-state index contributed by atoms with van der Waals surface area (Å²) in [6, 6.07) is 0. The van der Waals surface area contributed by atoms with Gasteiger partial charge in [0.2, 0.25) is 0 Å². The molecule has 0 aliphatic carbocycles. The zero-order valence-corrected chi connectivity index (χ0v) is 18.9. The standard InChI is InChI=1S/C21H42O2.Na/c1-20(2)18-16-14-12-10-8-6-4-3-5-7-9-11-13-15-17-19-21(22)23;/h20H,3-19H2,1-2H3,(H,22,23);/q;+1/p-1. The van der Waals surface area contributed by atoms with Crippen LogP contribution in [0.15, 0.2) is 0 Å². The summed E-state index contributed by atoms with van der Waals surface area (Å²) >= 11 is 0. The van der Waals surface area contributed by atoms with Crippen molar-refractivity contribution in [1.29, 1.82) is 0 Å². The van der Waals surface area contributed by atoms with Crippen molar-refractivity contribution >= 4 is 5.97 Å². The van der Waals surface area contributed by atoms with Crippen LogP contribution in [-0.4, -0.2) is 5.97 Å². The molecule has 138 valence electrons. The second-order valence-electron chi connectivity index (χ2n) is 7.61. The van der Waals surface area contributed by atoms with E-state index in [1.54, 1.807) is 0 Å². The Bertz CT molecular complexity index is 254. The van der Waals surface area contributed by atoms with Gasteiger partial charge >= 0.3 is 29.6 Å². The molecule has 0 aromatic carbocycles. The first-order valence-corrected chi connectivity index (χ1v) is 10.3. The third-order valence-electron chi connectivity index (χ3n) is 4.66. The Morgan fingerprint density at radius 3 is 1.21 bits per heavy atom. The number of unbranched alkanes of at least 4 members (excludes halogenated alkanes) is 14. The van der Waals surface area contributed by atoms with Crippen LogP contribution in [0.1, 0.15) is 123 Å². The molecule has 0 spiro atoms. The van der Waals surface area contributed by atoms with E-state index >= 15 is 0 Å². The summed E-state index contributed by atoms with van der Waals surface area (Å²) in [7, 11) is 0. The summed E-state index contributed by atoms with van der Waals surface area (Å²) in [5.41, 5.74) is 0. The summed E-state index contributed by atoms with van der Waals surface area (Å²) < 4.78 is 0. The van der Waals surface area contributed by atoms with Crippen LogP contribution in [0.25, 0.3) is 0 Å². The minimum Gasteiger partial charge on any atom is -0.550 e. The minimum absolute atomic E-state index is 0. The number of carboxylic acid groups (broad SMARTS) is 1. The second kappa shape index (κ2) is 21.5. The molecule has 0 aliphatic heterocycles. The smallest absolute Gasteiger partial charge is 0.550 e. The Balaban J connectivity index is 0. The molecule has 0 amide bonds. The summed E-state index contributed by atoms with van der Waals surface area (Å²) in [6.45, 7) is 4.63. The Morgan fingerprint density at radius 2 is 0.917 bits per heavy atom. The molecule has 0 aromatic heterocycles. The van der Waals surface area contributed by atoms with Gasteiger partial charge in [-0.25, -0.2) is 0 Å². The van der Waals surface area contributed by atoms with Gasteiger partial charge in [0.1, 0.15) is 0 Å². The average Bonchev–Trinajstić information content (AvgIpc) is 2.49. The molecule has 3 heteroatoms. The topological polar surface area (TPSA) is 40.1 Å². The zero-order chi connectivity index (χ0) is 17.2. The minimum atomic E-state index is -0.902. The van der Waals surface area contributed by atoms with Crippen LogP contribution in [0, 0.1) is 5.92 Å². The number of hydrogen-bond donors (Lipinski definition) is 0. The summed E-state index contributed by atoms with van der Waals surface area (Å²) in [5, 5.41) is 10.3. The van der Waals surface area contributed by atoms with Crippen molar-refractivity contribution in [2.45, 2.75) is 123 Å². The first-order chi connectivity index (χ1) is 11.1. The van der Waals surface area contributed by atoms with Crippen LogP contribution in [0.5, 0.6) is 0 Å². The maximum atomic E-state index is 10.3. The van der Waals surface area contributed by atoms with Crippen molar-refractivity contribution in [3.8, 4) is 0 Å². The van der Waals surface area contributed by atoms with Crippen molar-refractivity contribution in [3.05, 3.63) is 0 Å². The molecule has 24 heavy (non-hydrogen) atoms. The normalized spacial score (nSPS) is 10.8. The van der Waals surface area contributed by atoms with E-state index in [4.69, 9.17) is 0 Å². The second-order valence-corrected chi connectivity index (χ2v) is 7.61. The number of rotatable bonds is 18. The van der Waals surface area contributed by atoms with Crippen LogP contribution >= 0.6 is 0 Å². The average molecular weight is 349 g/mol. The van der Waals surface area contributed by atoms with E-state index in [9.17, 15) is 9.90 Å². The quantitative estimate of drug-likeness (QED) is 0.282. The molecule has 0 saturated heterocycles. The largest absolute Gasteiger partial charge is 1.00 e. The van der Waals surface area contributed by atoms with Crippen LogP contribution in [0.3, 0.4) is 0 Å². The number of aliphatic carboxylic acids is 1. The van der Waals surface area contributed by atoms with E-state index in [1.165, 1.54) is 89.9 Å². The van der Waals surface area contributed by atoms with Gasteiger partial charge < -0.3 is 9.90 Å². The Hall–Kier alpha value is 0.470. The number of carbonyl (C=O) groups is 1. The van der Waals surface area contributed by atoms with Crippen molar-refractivity contribution in [3.63, 3.8) is 0 Å². The zero-order valence-electron chi connectivity index (χ0n) is 16.9. The van der Waals surface area contributed by atoms with E-state index in [2.05, 4.69) is 13.8 Å². The van der Waals surface area contributed by atoms with E-state index in [0.29, 0.717) is 0 Å². The number of carboxylic acids is 1. The predicted octanol–water partition coefficient (Wildman–Crippen LogP) is 3.03. The van der Waals surface area contributed by atoms with Crippen LogP contribution < -0.4 is 34.7 Å². The fourth-order valence-corrected chi connectivity index (χ4v) is 3.12. The van der Waals surface area contributed by atoms with Gasteiger partial charge in [-0.1, -0.05) is 110 Å². The van der Waals surface area contributed by atoms with Gasteiger partial charge in [0, 0.05) is 5.97 Å². The maximum absolute atomic E-state index is 10.3. The predicted molar refractivity (Wildman–Crippen MR) is 98.3 cm³/mol. The molecule has 2 nitrogen and oxygen atoms in total. The summed E-state index contributed by atoms with van der Waals surface area (Å²) in [6.07, 6.45) is 21.4. The number of hydrogen-bond acceptors (Lipinski definition) is 2.